The van der Waals surface area contributed by atoms with Crippen LogP contribution in [0.2, 0.25) is 0 Å². The minimum absolute atomic E-state index is 0.554. The van der Waals surface area contributed by atoms with Crippen molar-refractivity contribution < 1.29 is 4.74 Å². The summed E-state index contributed by atoms with van der Waals surface area (Å²) in [5.74, 6) is 1.05. The molecule has 1 N–H and O–H groups in total. The fourth-order valence-electron chi connectivity index (χ4n) is 3.51. The number of hydrogen-bond donors (Lipinski definition) is 1. The van der Waals surface area contributed by atoms with E-state index >= 15 is 0 Å². The average Bonchev–Trinajstić information content (AvgIpc) is 3.14. The number of rotatable bonds is 7. The van der Waals surface area contributed by atoms with E-state index in [0.29, 0.717) is 6.04 Å². The van der Waals surface area contributed by atoms with Gasteiger partial charge in [-0.1, -0.05) is 13.0 Å². The monoisotopic (exact) mass is 288 g/mol. The van der Waals surface area contributed by atoms with Crippen LogP contribution in [0.25, 0.3) is 0 Å². The lowest BCUT2D eigenvalue weighted by molar-refractivity contribution is 0.237. The Morgan fingerprint density at radius 1 is 1.29 bits per heavy atom. The van der Waals surface area contributed by atoms with Crippen LogP contribution in [-0.4, -0.2) is 37.7 Å². The van der Waals surface area contributed by atoms with E-state index in [1.54, 1.807) is 0 Å². The molecule has 0 bridgehead atoms. The van der Waals surface area contributed by atoms with E-state index in [2.05, 4.69) is 35.3 Å². The molecule has 1 atom stereocenters. The number of likely N-dealkylation sites (tertiary alicyclic amines) is 1. The molecule has 0 amide bonds. The number of benzene rings is 1. The van der Waals surface area contributed by atoms with Crippen LogP contribution in [0.3, 0.4) is 0 Å². The second kappa shape index (κ2) is 7.28. The lowest BCUT2D eigenvalue weighted by Gasteiger charge is -2.16. The molecule has 1 unspecified atom stereocenters. The Kier molecular flexibility index (Phi) is 5.15. The molecular weight excluding hydrogens is 260 g/mol. The van der Waals surface area contributed by atoms with Gasteiger partial charge in [0.05, 0.1) is 0 Å². The summed E-state index contributed by atoms with van der Waals surface area (Å²) in [4.78, 5) is 2.50. The van der Waals surface area contributed by atoms with Gasteiger partial charge in [0.15, 0.2) is 0 Å². The standard InChI is InChI=1S/C18H28N2O/c1-2-9-19-18-8-5-15-14-16(6-7-17(15)18)21-13-12-20-10-3-4-11-20/h6-7,14,18-19H,2-5,8-13H2,1H3. The first-order valence-electron chi connectivity index (χ1n) is 8.58. The third kappa shape index (κ3) is 3.78. The van der Waals surface area contributed by atoms with E-state index in [4.69, 9.17) is 4.74 Å². The van der Waals surface area contributed by atoms with Crippen molar-refractivity contribution in [3.05, 3.63) is 29.3 Å². The molecular formula is C18H28N2O. The molecule has 1 aliphatic carbocycles. The molecule has 1 aromatic carbocycles. The maximum absolute atomic E-state index is 5.95. The van der Waals surface area contributed by atoms with Crippen LogP contribution in [0.5, 0.6) is 5.75 Å². The predicted octanol–water partition coefficient (Wildman–Crippen LogP) is 3.15. The lowest BCUT2D eigenvalue weighted by Crippen LogP contribution is -2.25. The maximum atomic E-state index is 5.95. The van der Waals surface area contributed by atoms with Gasteiger partial charge < -0.3 is 10.1 Å². The van der Waals surface area contributed by atoms with E-state index in [-0.39, 0.29) is 0 Å². The summed E-state index contributed by atoms with van der Waals surface area (Å²) in [5, 5.41) is 3.64. The normalized spacial score (nSPS) is 21.7. The molecule has 3 heteroatoms. The molecule has 1 heterocycles. The zero-order valence-electron chi connectivity index (χ0n) is 13.2. The van der Waals surface area contributed by atoms with Gasteiger partial charge >= 0.3 is 0 Å². The van der Waals surface area contributed by atoms with E-state index in [1.807, 2.05) is 0 Å². The van der Waals surface area contributed by atoms with Crippen LogP contribution < -0.4 is 10.1 Å². The number of nitrogens with one attached hydrogen (secondary N) is 1. The summed E-state index contributed by atoms with van der Waals surface area (Å²) in [5.41, 5.74) is 2.96. The Balaban J connectivity index is 1.51. The molecule has 3 rings (SSSR count). The van der Waals surface area contributed by atoms with Crippen molar-refractivity contribution in [2.75, 3.05) is 32.8 Å². The molecule has 0 radical (unpaired) electrons. The van der Waals surface area contributed by atoms with Crippen LogP contribution in [-0.2, 0) is 6.42 Å². The zero-order chi connectivity index (χ0) is 14.5. The lowest BCUT2D eigenvalue weighted by atomic mass is 10.1. The second-order valence-electron chi connectivity index (χ2n) is 6.30. The third-order valence-corrected chi connectivity index (χ3v) is 4.71. The predicted molar refractivity (Wildman–Crippen MR) is 87.0 cm³/mol. The van der Waals surface area contributed by atoms with Gasteiger partial charge in [-0.05, 0) is 75.0 Å². The molecule has 0 saturated carbocycles. The van der Waals surface area contributed by atoms with Crippen molar-refractivity contribution in [2.45, 2.75) is 45.1 Å². The molecule has 0 aromatic heterocycles. The molecule has 2 aliphatic rings. The summed E-state index contributed by atoms with van der Waals surface area (Å²) in [6.45, 7) is 7.71. The number of aryl methyl sites for hydroxylation is 1. The molecule has 1 fully saturated rings. The largest absolute Gasteiger partial charge is 0.492 e. The van der Waals surface area contributed by atoms with Crippen molar-refractivity contribution >= 4 is 0 Å². The Labute approximate surface area is 128 Å². The summed E-state index contributed by atoms with van der Waals surface area (Å²) in [7, 11) is 0. The van der Waals surface area contributed by atoms with Crippen molar-refractivity contribution in [3.8, 4) is 5.75 Å². The van der Waals surface area contributed by atoms with Crippen molar-refractivity contribution in [2.24, 2.45) is 0 Å². The molecule has 1 saturated heterocycles. The third-order valence-electron chi connectivity index (χ3n) is 4.71. The first kappa shape index (κ1) is 14.9. The zero-order valence-corrected chi connectivity index (χ0v) is 13.2. The molecule has 116 valence electrons. The number of fused-ring (bicyclic) bond motifs is 1. The maximum Gasteiger partial charge on any atom is 0.119 e. The van der Waals surface area contributed by atoms with Gasteiger partial charge in [0.1, 0.15) is 12.4 Å². The van der Waals surface area contributed by atoms with Gasteiger partial charge in [0, 0.05) is 12.6 Å². The van der Waals surface area contributed by atoms with E-state index in [9.17, 15) is 0 Å². The topological polar surface area (TPSA) is 24.5 Å². The van der Waals surface area contributed by atoms with Crippen molar-refractivity contribution in [3.63, 3.8) is 0 Å². The second-order valence-corrected chi connectivity index (χ2v) is 6.30. The van der Waals surface area contributed by atoms with Crippen molar-refractivity contribution in [1.82, 2.24) is 10.2 Å². The molecule has 0 spiro atoms. The Morgan fingerprint density at radius 2 is 2.14 bits per heavy atom. The highest BCUT2D eigenvalue weighted by molar-refractivity contribution is 5.40. The Bertz CT molecular complexity index is 455. The van der Waals surface area contributed by atoms with Gasteiger partial charge in [-0.15, -0.1) is 0 Å². The van der Waals surface area contributed by atoms with Crippen LogP contribution in [0.4, 0.5) is 0 Å². The van der Waals surface area contributed by atoms with Gasteiger partial charge in [-0.3, -0.25) is 4.90 Å². The average molecular weight is 288 g/mol. The van der Waals surface area contributed by atoms with Gasteiger partial charge in [0.25, 0.3) is 0 Å². The van der Waals surface area contributed by atoms with Gasteiger partial charge in [-0.25, -0.2) is 0 Å². The quantitative estimate of drug-likeness (QED) is 0.834. The highest BCUT2D eigenvalue weighted by Crippen LogP contribution is 2.33. The molecule has 1 aliphatic heterocycles. The molecule has 3 nitrogen and oxygen atoms in total. The van der Waals surface area contributed by atoms with E-state index in [0.717, 1.165) is 25.4 Å². The van der Waals surface area contributed by atoms with Gasteiger partial charge in [0.2, 0.25) is 0 Å². The fourth-order valence-corrected chi connectivity index (χ4v) is 3.51. The SMILES string of the molecule is CCCNC1CCc2cc(OCCN3CCCC3)ccc21. The molecule has 21 heavy (non-hydrogen) atoms. The Hall–Kier alpha value is -1.06. The first-order valence-corrected chi connectivity index (χ1v) is 8.58. The fraction of sp³-hybridized carbons (Fsp3) is 0.667. The first-order chi connectivity index (χ1) is 10.4. The Morgan fingerprint density at radius 3 is 2.95 bits per heavy atom. The number of nitrogens with zero attached hydrogens (tertiary/aromatic N) is 1. The summed E-state index contributed by atoms with van der Waals surface area (Å²) >= 11 is 0. The van der Waals surface area contributed by atoms with Crippen LogP contribution in [0.15, 0.2) is 18.2 Å². The highest BCUT2D eigenvalue weighted by atomic mass is 16.5. The van der Waals surface area contributed by atoms with Crippen LogP contribution in [0.1, 0.15) is 49.8 Å². The van der Waals surface area contributed by atoms with Gasteiger partial charge in [-0.2, -0.15) is 0 Å². The van der Waals surface area contributed by atoms with Crippen LogP contribution in [0, 0.1) is 0 Å². The smallest absolute Gasteiger partial charge is 0.119 e. The highest BCUT2D eigenvalue weighted by Gasteiger charge is 2.22. The van der Waals surface area contributed by atoms with E-state index in [1.165, 1.54) is 56.3 Å². The molecule has 1 aromatic rings. The van der Waals surface area contributed by atoms with Crippen LogP contribution >= 0.6 is 0 Å². The minimum atomic E-state index is 0.554. The summed E-state index contributed by atoms with van der Waals surface area (Å²) < 4.78 is 5.95. The van der Waals surface area contributed by atoms with E-state index < -0.39 is 0 Å². The number of hydrogen-bond acceptors (Lipinski definition) is 3. The summed E-state index contributed by atoms with van der Waals surface area (Å²) in [6.07, 6.45) is 6.31. The summed E-state index contributed by atoms with van der Waals surface area (Å²) in [6, 6.07) is 7.22. The minimum Gasteiger partial charge on any atom is -0.492 e. The van der Waals surface area contributed by atoms with Crippen molar-refractivity contribution in [1.29, 1.82) is 0 Å². The number of ether oxygens (including phenoxy) is 1.